The van der Waals surface area contributed by atoms with E-state index < -0.39 is 17.8 Å². The number of hydroxylamine groups is 1. The first kappa shape index (κ1) is 19.6. The summed E-state index contributed by atoms with van der Waals surface area (Å²) in [6.45, 7) is 1.43. The number of hydrogen-bond acceptors (Lipinski definition) is 5. The Morgan fingerprint density at radius 3 is 3.00 bits per heavy atom. The summed E-state index contributed by atoms with van der Waals surface area (Å²) in [7, 11) is 0. The Labute approximate surface area is 167 Å². The van der Waals surface area contributed by atoms with Crippen LogP contribution in [0.2, 0.25) is 5.02 Å². The molecule has 1 amide bonds. The molecule has 0 aliphatic rings. The molecule has 2 aromatic heterocycles. The third-order valence-electron chi connectivity index (χ3n) is 3.55. The van der Waals surface area contributed by atoms with E-state index in [0.717, 1.165) is 0 Å². The molecule has 142 valence electrons. The van der Waals surface area contributed by atoms with E-state index in [1.165, 1.54) is 31.5 Å². The molecule has 1 aromatic carbocycles. The van der Waals surface area contributed by atoms with Crippen molar-refractivity contribution in [1.29, 1.82) is 0 Å². The summed E-state index contributed by atoms with van der Waals surface area (Å²) in [5.74, 6) is -1.14. The highest BCUT2D eigenvalue weighted by molar-refractivity contribution is 9.10. The fraction of sp³-hybridized carbons (Fsp3) is 0.176. The number of nitrogens with zero attached hydrogens (tertiary/aromatic N) is 2. The molecule has 10 heteroatoms. The summed E-state index contributed by atoms with van der Waals surface area (Å²) in [6, 6.07) is 4.45. The quantitative estimate of drug-likeness (QED) is 0.492. The molecule has 0 aliphatic carbocycles. The molecule has 27 heavy (non-hydrogen) atoms. The number of anilines is 2. The third kappa shape index (κ3) is 4.38. The van der Waals surface area contributed by atoms with Gasteiger partial charge in [-0.2, -0.15) is 0 Å². The maximum Gasteiger partial charge on any atom is 0.278 e. The van der Waals surface area contributed by atoms with Gasteiger partial charge in [-0.3, -0.25) is 9.63 Å². The van der Waals surface area contributed by atoms with Crippen LogP contribution in [-0.2, 0) is 4.84 Å². The number of imidazole rings is 1. The van der Waals surface area contributed by atoms with Gasteiger partial charge in [0.05, 0.1) is 23.0 Å². The molecule has 7 nitrogen and oxygen atoms in total. The number of pyridine rings is 1. The molecule has 0 fully saturated rings. The minimum absolute atomic E-state index is 0.0864. The van der Waals surface area contributed by atoms with Gasteiger partial charge >= 0.3 is 0 Å². The van der Waals surface area contributed by atoms with E-state index in [9.17, 15) is 14.3 Å². The summed E-state index contributed by atoms with van der Waals surface area (Å²) >= 11 is 9.60. The van der Waals surface area contributed by atoms with Crippen molar-refractivity contribution >= 4 is 50.5 Å². The molecule has 0 spiro atoms. The number of carbonyl (C=O) groups is 1. The predicted molar refractivity (Wildman–Crippen MR) is 103 cm³/mol. The van der Waals surface area contributed by atoms with Crippen molar-refractivity contribution in [3.63, 3.8) is 0 Å². The number of aliphatic hydroxyl groups excluding tert-OH is 1. The number of nitrogens with one attached hydrogen (secondary N) is 2. The number of rotatable bonds is 6. The molecule has 0 saturated heterocycles. The van der Waals surface area contributed by atoms with Crippen LogP contribution in [0.4, 0.5) is 15.8 Å². The Morgan fingerprint density at radius 1 is 1.52 bits per heavy atom. The molecule has 0 saturated carbocycles. The van der Waals surface area contributed by atoms with Crippen LogP contribution in [0.15, 0.2) is 41.3 Å². The van der Waals surface area contributed by atoms with Gasteiger partial charge in [0.2, 0.25) is 0 Å². The second kappa shape index (κ2) is 8.22. The normalized spacial score (nSPS) is 12.2. The van der Waals surface area contributed by atoms with Crippen LogP contribution < -0.4 is 10.8 Å². The van der Waals surface area contributed by atoms with Gasteiger partial charge in [0.1, 0.15) is 17.4 Å². The van der Waals surface area contributed by atoms with Crippen LogP contribution in [0.5, 0.6) is 0 Å². The lowest BCUT2D eigenvalue weighted by molar-refractivity contribution is -0.00684. The molecule has 3 rings (SSSR count). The molecule has 0 unspecified atom stereocenters. The smallest absolute Gasteiger partial charge is 0.278 e. The monoisotopic (exact) mass is 456 g/mol. The van der Waals surface area contributed by atoms with Gasteiger partial charge in [-0.25, -0.2) is 14.9 Å². The topological polar surface area (TPSA) is 87.9 Å². The fourth-order valence-corrected chi connectivity index (χ4v) is 2.95. The minimum atomic E-state index is -0.750. The number of aromatic nitrogens is 2. The number of benzene rings is 1. The number of amides is 1. The third-order valence-corrected chi connectivity index (χ3v) is 4.40. The first-order valence-corrected chi connectivity index (χ1v) is 9.01. The lowest BCUT2D eigenvalue weighted by Crippen LogP contribution is -2.28. The first-order valence-electron chi connectivity index (χ1n) is 7.84. The molecular weight excluding hydrogens is 443 g/mol. The molecule has 3 N–H and O–H groups in total. The molecule has 0 bridgehead atoms. The highest BCUT2D eigenvalue weighted by Gasteiger charge is 2.20. The molecule has 0 aliphatic heterocycles. The van der Waals surface area contributed by atoms with Crippen molar-refractivity contribution in [2.45, 2.75) is 13.0 Å². The van der Waals surface area contributed by atoms with E-state index in [1.54, 1.807) is 16.7 Å². The van der Waals surface area contributed by atoms with Gasteiger partial charge < -0.3 is 14.8 Å². The van der Waals surface area contributed by atoms with Crippen molar-refractivity contribution < 1.29 is 19.1 Å². The van der Waals surface area contributed by atoms with Crippen LogP contribution in [0.3, 0.4) is 0 Å². The molecular formula is C17H15BrClFN4O3. The van der Waals surface area contributed by atoms with Crippen molar-refractivity contribution in [3.8, 4) is 0 Å². The lowest BCUT2D eigenvalue weighted by Gasteiger charge is -2.16. The lowest BCUT2D eigenvalue weighted by atomic mass is 10.2. The minimum Gasteiger partial charge on any atom is -0.391 e. The maximum atomic E-state index is 14.2. The Hall–Kier alpha value is -2.20. The summed E-state index contributed by atoms with van der Waals surface area (Å²) in [4.78, 5) is 21.6. The van der Waals surface area contributed by atoms with Crippen molar-refractivity contribution in [1.82, 2.24) is 14.9 Å². The van der Waals surface area contributed by atoms with Crippen LogP contribution in [0, 0.1) is 5.82 Å². The van der Waals surface area contributed by atoms with Crippen LogP contribution in [0.1, 0.15) is 17.3 Å². The highest BCUT2D eigenvalue weighted by Crippen LogP contribution is 2.33. The average Bonchev–Trinajstić information content (AvgIpc) is 3.07. The second-order valence-corrected chi connectivity index (χ2v) is 7.02. The summed E-state index contributed by atoms with van der Waals surface area (Å²) in [5, 5.41) is 12.2. The number of fused-ring (bicyclic) bond motifs is 1. The molecule has 2 heterocycles. The van der Waals surface area contributed by atoms with E-state index in [0.29, 0.717) is 10.1 Å². The molecule has 1 atom stereocenters. The summed E-state index contributed by atoms with van der Waals surface area (Å²) in [6.07, 6.45) is 3.89. The van der Waals surface area contributed by atoms with Crippen LogP contribution in [0.25, 0.3) is 5.65 Å². The Bertz CT molecular complexity index is 996. The average molecular weight is 458 g/mol. The van der Waals surface area contributed by atoms with E-state index in [4.69, 9.17) is 16.4 Å². The molecule has 0 radical (unpaired) electrons. The van der Waals surface area contributed by atoms with Gasteiger partial charge in [-0.05, 0) is 25.1 Å². The number of hydrogen-bond donors (Lipinski definition) is 3. The van der Waals surface area contributed by atoms with Gasteiger partial charge in [-0.1, -0.05) is 27.5 Å². The van der Waals surface area contributed by atoms with Gasteiger partial charge in [0, 0.05) is 23.1 Å². The number of aliphatic hydroxyl groups is 1. The van der Waals surface area contributed by atoms with Gasteiger partial charge in [0.25, 0.3) is 5.91 Å². The van der Waals surface area contributed by atoms with Crippen molar-refractivity contribution in [2.24, 2.45) is 0 Å². The first-order chi connectivity index (χ1) is 12.9. The van der Waals surface area contributed by atoms with E-state index in [2.05, 4.69) is 31.7 Å². The Kier molecular flexibility index (Phi) is 5.95. The fourth-order valence-electron chi connectivity index (χ4n) is 2.32. The zero-order valence-corrected chi connectivity index (χ0v) is 16.4. The number of halogens is 3. The van der Waals surface area contributed by atoms with E-state index in [-0.39, 0.29) is 28.6 Å². The largest absolute Gasteiger partial charge is 0.391 e. The highest BCUT2D eigenvalue weighted by atomic mass is 79.9. The summed E-state index contributed by atoms with van der Waals surface area (Å²) < 4.78 is 16.4. The maximum absolute atomic E-state index is 14.2. The van der Waals surface area contributed by atoms with Crippen LogP contribution >= 0.6 is 27.5 Å². The van der Waals surface area contributed by atoms with Crippen molar-refractivity contribution in [3.05, 3.63) is 57.7 Å². The van der Waals surface area contributed by atoms with E-state index >= 15 is 0 Å². The standard InChI is InChI=1S/C17H15BrClFN4O3/c1-9(25)8-27-23-17(26)11-7-24-5-4-21-16(24)14(19)15(11)22-13-3-2-10(18)6-12(13)20/h2-7,9,22,25H,8H2,1H3,(H,23,26)/t9-/m1/s1. The van der Waals surface area contributed by atoms with Crippen LogP contribution in [-0.4, -0.2) is 33.1 Å². The zero-order valence-electron chi connectivity index (χ0n) is 14.0. The predicted octanol–water partition coefficient (Wildman–Crippen LogP) is 3.68. The summed E-state index contributed by atoms with van der Waals surface area (Å²) in [5.41, 5.74) is 3.05. The second-order valence-electron chi connectivity index (χ2n) is 5.73. The van der Waals surface area contributed by atoms with E-state index in [1.807, 2.05) is 0 Å². The Morgan fingerprint density at radius 2 is 2.30 bits per heavy atom. The van der Waals surface area contributed by atoms with Crippen molar-refractivity contribution in [2.75, 3.05) is 11.9 Å². The number of carbonyl (C=O) groups excluding carboxylic acids is 1. The SMILES string of the molecule is C[C@@H](O)CONC(=O)c1cn2ccnc2c(Cl)c1Nc1ccc(Br)cc1F. The van der Waals surface area contributed by atoms with Gasteiger partial charge in [-0.15, -0.1) is 0 Å². The zero-order chi connectivity index (χ0) is 19.6. The molecule has 3 aromatic rings. The van der Waals surface area contributed by atoms with Gasteiger partial charge in [0.15, 0.2) is 5.65 Å². The Balaban J connectivity index is 2.00.